The van der Waals surface area contributed by atoms with Crippen molar-refractivity contribution in [3.8, 4) is 0 Å². The molecule has 0 saturated carbocycles. The molecule has 0 aromatic carbocycles. The first-order valence-electron chi connectivity index (χ1n) is 4.55. The van der Waals surface area contributed by atoms with E-state index in [1.165, 1.54) is 6.33 Å². The Bertz CT molecular complexity index is 244. The molecule has 3 heteroatoms. The normalized spacial score (nSPS) is 10.8. The second-order valence-corrected chi connectivity index (χ2v) is 2.72. The van der Waals surface area contributed by atoms with Gasteiger partial charge in [0.25, 0.3) is 0 Å². The Balaban J connectivity index is 2.25. The summed E-state index contributed by atoms with van der Waals surface area (Å²) in [7, 11) is 0. The Morgan fingerprint density at radius 3 is 2.85 bits per heavy atom. The van der Waals surface area contributed by atoms with Crippen LogP contribution in [0.1, 0.15) is 18.9 Å². The molecule has 3 nitrogen and oxygen atoms in total. The molecule has 0 amide bonds. The van der Waals surface area contributed by atoms with Crippen LogP contribution in [0.15, 0.2) is 24.8 Å². The summed E-state index contributed by atoms with van der Waals surface area (Å²) in [6.45, 7) is 4.16. The summed E-state index contributed by atoms with van der Waals surface area (Å²) < 4.78 is 0. The molecule has 0 aliphatic heterocycles. The first kappa shape index (κ1) is 9.86. The SMILES string of the molecule is CCNCCC=Cc1cncnc1. The summed E-state index contributed by atoms with van der Waals surface area (Å²) in [5.74, 6) is 0. The number of aromatic nitrogens is 2. The van der Waals surface area contributed by atoms with Crippen LogP contribution in [-0.2, 0) is 0 Å². The molecule has 0 bridgehead atoms. The van der Waals surface area contributed by atoms with E-state index in [0.29, 0.717) is 0 Å². The maximum Gasteiger partial charge on any atom is 0.115 e. The molecule has 13 heavy (non-hydrogen) atoms. The van der Waals surface area contributed by atoms with Gasteiger partial charge in [-0.1, -0.05) is 19.1 Å². The van der Waals surface area contributed by atoms with Crippen molar-refractivity contribution in [2.45, 2.75) is 13.3 Å². The summed E-state index contributed by atoms with van der Waals surface area (Å²) in [4.78, 5) is 7.84. The predicted molar refractivity (Wildman–Crippen MR) is 54.2 cm³/mol. The molecule has 1 aromatic heterocycles. The van der Waals surface area contributed by atoms with Crippen LogP contribution in [-0.4, -0.2) is 23.1 Å². The smallest absolute Gasteiger partial charge is 0.115 e. The van der Waals surface area contributed by atoms with Gasteiger partial charge >= 0.3 is 0 Å². The fourth-order valence-corrected chi connectivity index (χ4v) is 0.978. The van der Waals surface area contributed by atoms with Gasteiger partial charge in [-0.05, 0) is 19.5 Å². The van der Waals surface area contributed by atoms with Gasteiger partial charge < -0.3 is 5.32 Å². The van der Waals surface area contributed by atoms with Crippen molar-refractivity contribution < 1.29 is 0 Å². The molecule has 0 radical (unpaired) electrons. The molecule has 1 rings (SSSR count). The highest BCUT2D eigenvalue weighted by atomic mass is 14.8. The summed E-state index contributed by atoms with van der Waals surface area (Å²) in [5, 5.41) is 3.25. The number of nitrogens with one attached hydrogen (secondary N) is 1. The molecule has 0 fully saturated rings. The minimum absolute atomic E-state index is 1.03. The van der Waals surface area contributed by atoms with Gasteiger partial charge in [0, 0.05) is 18.0 Å². The van der Waals surface area contributed by atoms with Crippen LogP contribution in [0.25, 0.3) is 6.08 Å². The van der Waals surface area contributed by atoms with E-state index in [2.05, 4.69) is 28.3 Å². The minimum atomic E-state index is 1.03. The number of rotatable bonds is 5. The van der Waals surface area contributed by atoms with E-state index >= 15 is 0 Å². The lowest BCUT2D eigenvalue weighted by Gasteiger charge is -1.95. The Labute approximate surface area is 78.9 Å². The van der Waals surface area contributed by atoms with Crippen LogP contribution in [0.5, 0.6) is 0 Å². The van der Waals surface area contributed by atoms with Crippen molar-refractivity contribution in [3.05, 3.63) is 30.4 Å². The molecule has 1 aromatic rings. The van der Waals surface area contributed by atoms with Crippen LogP contribution in [0.4, 0.5) is 0 Å². The van der Waals surface area contributed by atoms with Crippen molar-refractivity contribution in [3.63, 3.8) is 0 Å². The average Bonchev–Trinajstić information content (AvgIpc) is 2.19. The van der Waals surface area contributed by atoms with Gasteiger partial charge in [0.1, 0.15) is 6.33 Å². The molecule has 1 N–H and O–H groups in total. The molecule has 0 saturated heterocycles. The van der Waals surface area contributed by atoms with Gasteiger partial charge in [-0.15, -0.1) is 0 Å². The zero-order valence-electron chi connectivity index (χ0n) is 7.90. The Kier molecular flexibility index (Phi) is 4.79. The van der Waals surface area contributed by atoms with Gasteiger partial charge in [0.15, 0.2) is 0 Å². The van der Waals surface area contributed by atoms with Crippen molar-refractivity contribution >= 4 is 6.08 Å². The topological polar surface area (TPSA) is 37.8 Å². The third-order valence-electron chi connectivity index (χ3n) is 1.63. The van der Waals surface area contributed by atoms with Gasteiger partial charge in [-0.25, -0.2) is 9.97 Å². The second-order valence-electron chi connectivity index (χ2n) is 2.72. The number of hydrogen-bond acceptors (Lipinski definition) is 3. The highest BCUT2D eigenvalue weighted by Gasteiger charge is 1.84. The lowest BCUT2D eigenvalue weighted by atomic mass is 10.3. The van der Waals surface area contributed by atoms with Gasteiger partial charge in [0.2, 0.25) is 0 Å². The van der Waals surface area contributed by atoms with E-state index in [1.54, 1.807) is 12.4 Å². The molecule has 70 valence electrons. The molecule has 0 unspecified atom stereocenters. The van der Waals surface area contributed by atoms with Crippen molar-refractivity contribution in [2.24, 2.45) is 0 Å². The zero-order chi connectivity index (χ0) is 9.36. The van der Waals surface area contributed by atoms with Crippen molar-refractivity contribution in [2.75, 3.05) is 13.1 Å². The monoisotopic (exact) mass is 177 g/mol. The Hall–Kier alpha value is -1.22. The summed E-state index contributed by atoms with van der Waals surface area (Å²) in [5.41, 5.74) is 1.05. The van der Waals surface area contributed by atoms with Gasteiger partial charge in [-0.2, -0.15) is 0 Å². The standard InChI is InChI=1S/C10H15N3/c1-2-11-6-4-3-5-10-7-12-9-13-8-10/h3,5,7-9,11H,2,4,6H2,1H3. The first-order chi connectivity index (χ1) is 6.43. The lowest BCUT2D eigenvalue weighted by Crippen LogP contribution is -2.12. The van der Waals surface area contributed by atoms with E-state index < -0.39 is 0 Å². The van der Waals surface area contributed by atoms with E-state index in [-0.39, 0.29) is 0 Å². The predicted octanol–water partition coefficient (Wildman–Crippen LogP) is 1.49. The van der Waals surface area contributed by atoms with E-state index in [9.17, 15) is 0 Å². The fraction of sp³-hybridized carbons (Fsp3) is 0.400. The zero-order valence-corrected chi connectivity index (χ0v) is 7.90. The highest BCUT2D eigenvalue weighted by Crippen LogP contribution is 1.96. The Morgan fingerprint density at radius 1 is 1.38 bits per heavy atom. The molecule has 0 spiro atoms. The molecular formula is C10H15N3. The quantitative estimate of drug-likeness (QED) is 0.692. The van der Waals surface area contributed by atoms with Crippen LogP contribution >= 0.6 is 0 Å². The summed E-state index contributed by atoms with van der Waals surface area (Å²) in [6.07, 6.45) is 10.4. The third-order valence-corrected chi connectivity index (χ3v) is 1.63. The van der Waals surface area contributed by atoms with Crippen LogP contribution in [0, 0.1) is 0 Å². The van der Waals surface area contributed by atoms with E-state index in [1.807, 2.05) is 6.08 Å². The van der Waals surface area contributed by atoms with E-state index in [4.69, 9.17) is 0 Å². The maximum absolute atomic E-state index is 3.92. The third kappa shape index (κ3) is 4.38. The number of nitrogens with zero attached hydrogens (tertiary/aromatic N) is 2. The van der Waals surface area contributed by atoms with E-state index in [0.717, 1.165) is 25.1 Å². The van der Waals surface area contributed by atoms with Gasteiger partial charge in [-0.3, -0.25) is 0 Å². The second kappa shape index (κ2) is 6.31. The maximum atomic E-state index is 3.92. The molecule has 1 heterocycles. The van der Waals surface area contributed by atoms with Crippen molar-refractivity contribution in [1.82, 2.24) is 15.3 Å². The lowest BCUT2D eigenvalue weighted by molar-refractivity contribution is 0.727. The Morgan fingerprint density at radius 2 is 2.15 bits per heavy atom. The van der Waals surface area contributed by atoms with Crippen LogP contribution in [0.2, 0.25) is 0 Å². The molecule has 0 atom stereocenters. The summed E-state index contributed by atoms with van der Waals surface area (Å²) >= 11 is 0. The molecule has 0 aliphatic carbocycles. The van der Waals surface area contributed by atoms with Crippen LogP contribution < -0.4 is 5.32 Å². The first-order valence-corrected chi connectivity index (χ1v) is 4.55. The minimum Gasteiger partial charge on any atom is -0.317 e. The van der Waals surface area contributed by atoms with Crippen LogP contribution in [0.3, 0.4) is 0 Å². The van der Waals surface area contributed by atoms with Gasteiger partial charge in [0.05, 0.1) is 0 Å². The fourth-order valence-electron chi connectivity index (χ4n) is 0.978. The van der Waals surface area contributed by atoms with Crippen molar-refractivity contribution in [1.29, 1.82) is 0 Å². The highest BCUT2D eigenvalue weighted by molar-refractivity contribution is 5.45. The molecular weight excluding hydrogens is 162 g/mol. The summed E-state index contributed by atoms with van der Waals surface area (Å²) in [6, 6.07) is 0. The largest absolute Gasteiger partial charge is 0.317 e. The number of hydrogen-bond donors (Lipinski definition) is 1. The molecule has 0 aliphatic rings. The average molecular weight is 177 g/mol.